The van der Waals surface area contributed by atoms with Crippen molar-refractivity contribution in [3.8, 4) is 0 Å². The summed E-state index contributed by atoms with van der Waals surface area (Å²) in [6.07, 6.45) is 2.57. The zero-order valence-corrected chi connectivity index (χ0v) is 15.6. The number of hydrogen-bond acceptors (Lipinski definition) is 4. The van der Waals surface area contributed by atoms with Crippen LogP contribution >= 0.6 is 0 Å². The average Bonchev–Trinajstić information content (AvgIpc) is 3.02. The fraction of sp³-hybridized carbons (Fsp3) is 0.421. The van der Waals surface area contributed by atoms with Crippen LogP contribution < -0.4 is 16.6 Å². The molecule has 0 aliphatic rings. The van der Waals surface area contributed by atoms with Gasteiger partial charge in [0.1, 0.15) is 0 Å². The zero-order chi connectivity index (χ0) is 18.8. The Hall–Kier alpha value is -2.67. The van der Waals surface area contributed by atoms with Crippen LogP contribution in [0.15, 0.2) is 46.2 Å². The molecule has 0 amide bonds. The number of nitrogens with one attached hydrogen (secondary N) is 1. The van der Waals surface area contributed by atoms with Crippen LogP contribution in [-0.2, 0) is 27.1 Å². The molecular formula is C19H25N5O2. The van der Waals surface area contributed by atoms with Crippen LogP contribution in [0.5, 0.6) is 0 Å². The topological polar surface area (TPSA) is 73.8 Å². The van der Waals surface area contributed by atoms with Gasteiger partial charge in [0, 0.05) is 32.7 Å². The zero-order valence-electron chi connectivity index (χ0n) is 15.6. The van der Waals surface area contributed by atoms with Crippen molar-refractivity contribution in [1.82, 2.24) is 24.0 Å². The Morgan fingerprint density at radius 3 is 2.42 bits per heavy atom. The summed E-state index contributed by atoms with van der Waals surface area (Å²) in [5.41, 5.74) is 1.48. The second kappa shape index (κ2) is 7.29. The largest absolute Gasteiger partial charge is 0.332 e. The summed E-state index contributed by atoms with van der Waals surface area (Å²) in [5, 5.41) is 3.57. The van der Waals surface area contributed by atoms with Crippen molar-refractivity contribution in [3.63, 3.8) is 0 Å². The number of rotatable bonds is 6. The Kier molecular flexibility index (Phi) is 5.08. The lowest BCUT2D eigenvalue weighted by molar-refractivity contribution is 0.424. The summed E-state index contributed by atoms with van der Waals surface area (Å²) in [5.74, 6) is 0. The molecular weight excluding hydrogens is 330 g/mol. The minimum Gasteiger partial charge on any atom is -0.323 e. The van der Waals surface area contributed by atoms with Gasteiger partial charge in [-0.25, -0.2) is 9.78 Å². The molecule has 0 aliphatic carbocycles. The minimum absolute atomic E-state index is 0.146. The molecule has 2 aromatic heterocycles. The standard InChI is InChI=1S/C19H25N5O2/c1-13(10-15-8-6-5-7-9-15)21-14(2)11-24-12-20-17-16(24)18(25)23(4)19(26)22(17)3/h5-9,12-14,21H,10-11H2,1-4H3/t13-,14+/m1/s1. The van der Waals surface area contributed by atoms with E-state index in [-0.39, 0.29) is 17.3 Å². The molecule has 3 rings (SSSR count). The lowest BCUT2D eigenvalue weighted by Crippen LogP contribution is -2.40. The van der Waals surface area contributed by atoms with Crippen molar-refractivity contribution < 1.29 is 0 Å². The van der Waals surface area contributed by atoms with Crippen molar-refractivity contribution in [2.45, 2.75) is 38.9 Å². The SMILES string of the molecule is C[C@H](Cc1ccccc1)N[C@@H](C)Cn1cnc2c1c(=O)n(C)c(=O)n2C. The van der Waals surface area contributed by atoms with Gasteiger partial charge in [-0.15, -0.1) is 0 Å². The Labute approximate surface area is 151 Å². The van der Waals surface area contributed by atoms with E-state index >= 15 is 0 Å². The summed E-state index contributed by atoms with van der Waals surface area (Å²) < 4.78 is 4.35. The Bertz CT molecular complexity index is 1020. The second-order valence-electron chi connectivity index (χ2n) is 6.93. The van der Waals surface area contributed by atoms with Gasteiger partial charge < -0.3 is 9.88 Å². The van der Waals surface area contributed by atoms with Crippen LogP contribution in [0.3, 0.4) is 0 Å². The van der Waals surface area contributed by atoms with Crippen LogP contribution in [0.2, 0.25) is 0 Å². The van der Waals surface area contributed by atoms with E-state index in [1.54, 1.807) is 13.4 Å². The average molecular weight is 355 g/mol. The predicted molar refractivity (Wildman–Crippen MR) is 102 cm³/mol. The van der Waals surface area contributed by atoms with Gasteiger partial charge in [-0.3, -0.25) is 13.9 Å². The maximum Gasteiger partial charge on any atom is 0.332 e. The highest BCUT2D eigenvalue weighted by molar-refractivity contribution is 5.69. The van der Waals surface area contributed by atoms with Crippen molar-refractivity contribution >= 4 is 11.2 Å². The number of aryl methyl sites for hydroxylation is 1. The quantitative estimate of drug-likeness (QED) is 0.717. The molecule has 2 heterocycles. The molecule has 0 radical (unpaired) electrons. The molecule has 1 N–H and O–H groups in total. The van der Waals surface area contributed by atoms with E-state index in [2.05, 4.69) is 36.3 Å². The molecule has 0 spiro atoms. The summed E-state index contributed by atoms with van der Waals surface area (Å²) >= 11 is 0. The first-order valence-corrected chi connectivity index (χ1v) is 8.79. The van der Waals surface area contributed by atoms with E-state index in [1.165, 1.54) is 17.2 Å². The smallest absolute Gasteiger partial charge is 0.323 e. The number of benzene rings is 1. The molecule has 138 valence electrons. The first kappa shape index (κ1) is 18.1. The van der Waals surface area contributed by atoms with Gasteiger partial charge in [-0.05, 0) is 25.8 Å². The molecule has 7 heteroatoms. The molecule has 0 fully saturated rings. The first-order valence-electron chi connectivity index (χ1n) is 8.79. The second-order valence-corrected chi connectivity index (χ2v) is 6.93. The summed E-state index contributed by atoms with van der Waals surface area (Å²) in [4.78, 5) is 28.8. The van der Waals surface area contributed by atoms with Crippen LogP contribution in [0, 0.1) is 0 Å². The Morgan fingerprint density at radius 1 is 1.04 bits per heavy atom. The molecule has 2 atom stereocenters. The molecule has 0 aliphatic heterocycles. The van der Waals surface area contributed by atoms with Crippen molar-refractivity contribution in [1.29, 1.82) is 0 Å². The van der Waals surface area contributed by atoms with E-state index in [4.69, 9.17) is 0 Å². The highest BCUT2D eigenvalue weighted by Gasteiger charge is 2.16. The Morgan fingerprint density at radius 2 is 1.73 bits per heavy atom. The molecule has 1 aromatic carbocycles. The van der Waals surface area contributed by atoms with Gasteiger partial charge in [-0.2, -0.15) is 0 Å². The summed E-state index contributed by atoms with van der Waals surface area (Å²) in [7, 11) is 3.12. The normalized spacial score (nSPS) is 13.8. The van der Waals surface area contributed by atoms with Crippen LogP contribution in [0.1, 0.15) is 19.4 Å². The van der Waals surface area contributed by atoms with E-state index in [0.717, 1.165) is 11.0 Å². The monoisotopic (exact) mass is 355 g/mol. The number of nitrogens with zero attached hydrogens (tertiary/aromatic N) is 4. The van der Waals surface area contributed by atoms with Crippen LogP contribution in [-0.4, -0.2) is 30.8 Å². The summed E-state index contributed by atoms with van der Waals surface area (Å²) in [6.45, 7) is 4.83. The van der Waals surface area contributed by atoms with Gasteiger partial charge in [0.15, 0.2) is 11.2 Å². The molecule has 0 saturated carbocycles. The predicted octanol–water partition coefficient (Wildman–Crippen LogP) is 1.04. The molecule has 0 unspecified atom stereocenters. The van der Waals surface area contributed by atoms with Gasteiger partial charge >= 0.3 is 5.69 Å². The molecule has 26 heavy (non-hydrogen) atoms. The fourth-order valence-corrected chi connectivity index (χ4v) is 3.40. The third-order valence-electron chi connectivity index (χ3n) is 4.64. The number of fused-ring (bicyclic) bond motifs is 1. The summed E-state index contributed by atoms with van der Waals surface area (Å²) in [6, 6.07) is 10.8. The van der Waals surface area contributed by atoms with Gasteiger partial charge in [0.2, 0.25) is 0 Å². The highest BCUT2D eigenvalue weighted by Crippen LogP contribution is 2.08. The van der Waals surface area contributed by atoms with Gasteiger partial charge in [-0.1, -0.05) is 30.3 Å². The highest BCUT2D eigenvalue weighted by atomic mass is 16.2. The van der Waals surface area contributed by atoms with E-state index < -0.39 is 0 Å². The first-order chi connectivity index (χ1) is 12.4. The van der Waals surface area contributed by atoms with Gasteiger partial charge in [0.05, 0.1) is 6.33 Å². The maximum atomic E-state index is 12.5. The lowest BCUT2D eigenvalue weighted by atomic mass is 10.1. The van der Waals surface area contributed by atoms with E-state index in [1.807, 2.05) is 22.8 Å². The van der Waals surface area contributed by atoms with Crippen LogP contribution in [0.4, 0.5) is 0 Å². The molecule has 3 aromatic rings. The third-order valence-corrected chi connectivity index (χ3v) is 4.64. The van der Waals surface area contributed by atoms with E-state index in [9.17, 15) is 9.59 Å². The van der Waals surface area contributed by atoms with Crippen molar-refractivity contribution in [2.24, 2.45) is 14.1 Å². The van der Waals surface area contributed by atoms with Gasteiger partial charge in [0.25, 0.3) is 5.56 Å². The number of imidazole rings is 1. The fourth-order valence-electron chi connectivity index (χ4n) is 3.40. The minimum atomic E-state index is -0.365. The maximum absolute atomic E-state index is 12.5. The lowest BCUT2D eigenvalue weighted by Gasteiger charge is -2.21. The molecule has 0 bridgehead atoms. The van der Waals surface area contributed by atoms with E-state index in [0.29, 0.717) is 23.8 Å². The molecule has 7 nitrogen and oxygen atoms in total. The Balaban J connectivity index is 1.77. The third kappa shape index (κ3) is 3.48. The van der Waals surface area contributed by atoms with Crippen LogP contribution in [0.25, 0.3) is 11.2 Å². The molecule has 0 saturated heterocycles. The van der Waals surface area contributed by atoms with Crippen molar-refractivity contribution in [3.05, 3.63) is 63.1 Å². The number of hydrogen-bond donors (Lipinski definition) is 1. The number of aromatic nitrogens is 4. The van der Waals surface area contributed by atoms with Crippen molar-refractivity contribution in [2.75, 3.05) is 0 Å².